The van der Waals surface area contributed by atoms with Gasteiger partial charge in [-0.05, 0) is 36.8 Å². The van der Waals surface area contributed by atoms with Crippen molar-refractivity contribution in [2.75, 3.05) is 10.5 Å². The number of pyridine rings is 1. The Labute approximate surface area is 110 Å². The van der Waals surface area contributed by atoms with Gasteiger partial charge >= 0.3 is 0 Å². The van der Waals surface area contributed by atoms with Crippen LogP contribution in [0, 0.1) is 12.7 Å². The molecule has 0 aliphatic rings. The normalized spacial score (nSPS) is 11.3. The molecule has 0 unspecified atom stereocenters. The molecule has 1 aromatic heterocycles. The zero-order valence-corrected chi connectivity index (χ0v) is 10.9. The standard InChI is InChI=1S/C12H12FN3O2S/c1-8-2-3-9(6-11(8)13)16-19(17,18)10-4-5-12(14)15-7-10/h2-7,16H,1H3,(H2,14,15). The number of rotatable bonds is 3. The number of aryl methyl sites for hydroxylation is 1. The first-order valence-electron chi connectivity index (χ1n) is 5.39. The zero-order chi connectivity index (χ0) is 14.0. The van der Waals surface area contributed by atoms with Crippen LogP contribution in [0.1, 0.15) is 5.56 Å². The van der Waals surface area contributed by atoms with Crippen molar-refractivity contribution in [1.82, 2.24) is 4.98 Å². The molecule has 0 aliphatic carbocycles. The Bertz CT molecular complexity index is 699. The lowest BCUT2D eigenvalue weighted by Crippen LogP contribution is -2.13. The molecule has 3 N–H and O–H groups in total. The van der Waals surface area contributed by atoms with Crippen LogP contribution in [0.4, 0.5) is 15.9 Å². The maximum atomic E-state index is 13.3. The summed E-state index contributed by atoms with van der Waals surface area (Å²) in [5.41, 5.74) is 5.98. The predicted molar refractivity (Wildman–Crippen MR) is 70.6 cm³/mol. The number of nitrogens with two attached hydrogens (primary N) is 1. The lowest BCUT2D eigenvalue weighted by atomic mass is 10.2. The van der Waals surface area contributed by atoms with Crippen LogP contribution in [0.15, 0.2) is 41.4 Å². The van der Waals surface area contributed by atoms with E-state index in [1.54, 1.807) is 6.92 Å². The Morgan fingerprint density at radius 3 is 2.58 bits per heavy atom. The highest BCUT2D eigenvalue weighted by molar-refractivity contribution is 7.92. The summed E-state index contributed by atoms with van der Waals surface area (Å²) < 4.78 is 39.6. The minimum Gasteiger partial charge on any atom is -0.384 e. The van der Waals surface area contributed by atoms with Crippen molar-refractivity contribution in [3.05, 3.63) is 47.9 Å². The fourth-order valence-corrected chi connectivity index (χ4v) is 2.41. The van der Waals surface area contributed by atoms with Crippen LogP contribution in [0.3, 0.4) is 0 Å². The van der Waals surface area contributed by atoms with E-state index in [2.05, 4.69) is 9.71 Å². The minimum atomic E-state index is -3.79. The molecule has 0 fully saturated rings. The van der Waals surface area contributed by atoms with Gasteiger partial charge in [0.2, 0.25) is 0 Å². The highest BCUT2D eigenvalue weighted by Crippen LogP contribution is 2.18. The molecule has 100 valence electrons. The van der Waals surface area contributed by atoms with Crippen molar-refractivity contribution in [3.63, 3.8) is 0 Å². The third-order valence-corrected chi connectivity index (χ3v) is 3.86. The van der Waals surface area contributed by atoms with E-state index in [1.165, 1.54) is 24.3 Å². The molecule has 0 aliphatic heterocycles. The molecule has 0 atom stereocenters. The zero-order valence-electron chi connectivity index (χ0n) is 10.1. The summed E-state index contributed by atoms with van der Waals surface area (Å²) in [5, 5.41) is 0. The Morgan fingerprint density at radius 2 is 2.00 bits per heavy atom. The molecule has 0 saturated carbocycles. The summed E-state index contributed by atoms with van der Waals surface area (Å²) in [6.45, 7) is 1.59. The van der Waals surface area contributed by atoms with E-state index in [0.29, 0.717) is 5.56 Å². The van der Waals surface area contributed by atoms with Crippen LogP contribution in [0.5, 0.6) is 0 Å². The number of anilines is 2. The van der Waals surface area contributed by atoms with Crippen molar-refractivity contribution in [3.8, 4) is 0 Å². The second kappa shape index (κ2) is 4.85. The second-order valence-corrected chi connectivity index (χ2v) is 5.67. The summed E-state index contributed by atoms with van der Waals surface area (Å²) in [5.74, 6) is -0.254. The Kier molecular flexibility index (Phi) is 3.39. The van der Waals surface area contributed by atoms with Crippen LogP contribution in [-0.2, 0) is 10.0 Å². The largest absolute Gasteiger partial charge is 0.384 e. The molecule has 0 radical (unpaired) electrons. The Morgan fingerprint density at radius 1 is 1.26 bits per heavy atom. The number of nitrogens with one attached hydrogen (secondary N) is 1. The van der Waals surface area contributed by atoms with Gasteiger partial charge in [0.05, 0.1) is 5.69 Å². The third kappa shape index (κ3) is 3.00. The molecule has 0 amide bonds. The summed E-state index contributed by atoms with van der Waals surface area (Å²) >= 11 is 0. The van der Waals surface area contributed by atoms with Gasteiger partial charge in [-0.1, -0.05) is 6.07 Å². The van der Waals surface area contributed by atoms with E-state index in [4.69, 9.17) is 5.73 Å². The monoisotopic (exact) mass is 281 g/mol. The van der Waals surface area contributed by atoms with E-state index in [0.717, 1.165) is 12.3 Å². The quantitative estimate of drug-likeness (QED) is 0.900. The van der Waals surface area contributed by atoms with Crippen molar-refractivity contribution < 1.29 is 12.8 Å². The van der Waals surface area contributed by atoms with Crippen molar-refractivity contribution in [2.24, 2.45) is 0 Å². The molecule has 2 rings (SSSR count). The molecule has 0 bridgehead atoms. The van der Waals surface area contributed by atoms with E-state index < -0.39 is 15.8 Å². The first-order chi connectivity index (χ1) is 8.88. The lowest BCUT2D eigenvalue weighted by Gasteiger charge is -2.08. The number of hydrogen-bond acceptors (Lipinski definition) is 4. The van der Waals surface area contributed by atoms with Gasteiger partial charge in [-0.2, -0.15) is 0 Å². The minimum absolute atomic E-state index is 0.0392. The number of nitrogens with zero attached hydrogens (tertiary/aromatic N) is 1. The number of nitrogen functional groups attached to an aromatic ring is 1. The fraction of sp³-hybridized carbons (Fsp3) is 0.0833. The van der Waals surface area contributed by atoms with E-state index in [1.807, 2.05) is 0 Å². The van der Waals surface area contributed by atoms with Gasteiger partial charge in [0.15, 0.2) is 0 Å². The molecule has 1 aromatic carbocycles. The number of benzene rings is 1. The molecule has 0 saturated heterocycles. The molecule has 1 heterocycles. The highest BCUT2D eigenvalue weighted by Gasteiger charge is 2.15. The van der Waals surface area contributed by atoms with Gasteiger partial charge in [0, 0.05) is 6.20 Å². The van der Waals surface area contributed by atoms with Crippen LogP contribution in [-0.4, -0.2) is 13.4 Å². The average molecular weight is 281 g/mol. The molecule has 2 aromatic rings. The lowest BCUT2D eigenvalue weighted by molar-refractivity contribution is 0.600. The molecule has 0 spiro atoms. The maximum absolute atomic E-state index is 13.3. The summed E-state index contributed by atoms with van der Waals surface area (Å²) in [7, 11) is -3.79. The van der Waals surface area contributed by atoms with Crippen LogP contribution >= 0.6 is 0 Å². The fourth-order valence-electron chi connectivity index (χ4n) is 1.42. The number of aromatic nitrogens is 1. The van der Waals surface area contributed by atoms with Gasteiger partial charge < -0.3 is 5.73 Å². The van der Waals surface area contributed by atoms with E-state index in [-0.39, 0.29) is 16.4 Å². The smallest absolute Gasteiger partial charge is 0.263 e. The van der Waals surface area contributed by atoms with Crippen molar-refractivity contribution >= 4 is 21.5 Å². The molecule has 5 nitrogen and oxygen atoms in total. The SMILES string of the molecule is Cc1ccc(NS(=O)(=O)c2ccc(N)nc2)cc1F. The summed E-state index contributed by atoms with van der Waals surface area (Å²) in [4.78, 5) is 3.66. The number of hydrogen-bond donors (Lipinski definition) is 2. The maximum Gasteiger partial charge on any atom is 0.263 e. The molecular formula is C12H12FN3O2S. The van der Waals surface area contributed by atoms with Crippen molar-refractivity contribution in [1.29, 1.82) is 0 Å². The topological polar surface area (TPSA) is 85.1 Å². The van der Waals surface area contributed by atoms with Gasteiger partial charge in [-0.3, -0.25) is 4.72 Å². The van der Waals surface area contributed by atoms with Crippen LogP contribution in [0.25, 0.3) is 0 Å². The first kappa shape index (κ1) is 13.3. The predicted octanol–water partition coefficient (Wildman–Crippen LogP) is 1.91. The van der Waals surface area contributed by atoms with Gasteiger partial charge in [0.25, 0.3) is 10.0 Å². The number of halogens is 1. The number of sulfonamides is 1. The second-order valence-electron chi connectivity index (χ2n) is 3.99. The first-order valence-corrected chi connectivity index (χ1v) is 6.87. The average Bonchev–Trinajstić information content (AvgIpc) is 2.34. The van der Waals surface area contributed by atoms with Crippen molar-refractivity contribution in [2.45, 2.75) is 11.8 Å². The van der Waals surface area contributed by atoms with Crippen LogP contribution < -0.4 is 10.5 Å². The van der Waals surface area contributed by atoms with E-state index >= 15 is 0 Å². The molecule has 7 heteroatoms. The molecule has 19 heavy (non-hydrogen) atoms. The van der Waals surface area contributed by atoms with E-state index in [9.17, 15) is 12.8 Å². The molecular weight excluding hydrogens is 269 g/mol. The third-order valence-electron chi connectivity index (χ3n) is 2.49. The Hall–Kier alpha value is -2.15. The highest BCUT2D eigenvalue weighted by atomic mass is 32.2. The summed E-state index contributed by atoms with van der Waals surface area (Å²) in [6, 6.07) is 6.81. The van der Waals surface area contributed by atoms with Gasteiger partial charge in [0.1, 0.15) is 16.5 Å². The Balaban J connectivity index is 2.30. The van der Waals surface area contributed by atoms with Gasteiger partial charge in [-0.25, -0.2) is 17.8 Å². The summed E-state index contributed by atoms with van der Waals surface area (Å²) in [6.07, 6.45) is 1.14. The van der Waals surface area contributed by atoms with Crippen LogP contribution in [0.2, 0.25) is 0 Å². The van der Waals surface area contributed by atoms with Gasteiger partial charge in [-0.15, -0.1) is 0 Å².